The molecule has 1 atom stereocenters. The molecule has 82 valence electrons. The van der Waals surface area contributed by atoms with Crippen molar-refractivity contribution in [1.82, 2.24) is 9.36 Å². The van der Waals surface area contributed by atoms with Gasteiger partial charge in [-0.25, -0.2) is 4.98 Å². The number of anilines is 1. The van der Waals surface area contributed by atoms with Crippen LogP contribution in [0.25, 0.3) is 0 Å². The summed E-state index contributed by atoms with van der Waals surface area (Å²) in [5, 5.41) is 4.34. The highest BCUT2D eigenvalue weighted by molar-refractivity contribution is 7.09. The van der Waals surface area contributed by atoms with Crippen molar-refractivity contribution >= 4 is 16.7 Å². The van der Waals surface area contributed by atoms with Crippen LogP contribution in [0.5, 0.6) is 0 Å². The van der Waals surface area contributed by atoms with Gasteiger partial charge in [0.2, 0.25) is 5.13 Å². The molecule has 3 rings (SSSR count). The Labute approximate surface area is 93.2 Å². The van der Waals surface area contributed by atoms with Crippen LogP contribution < -0.4 is 5.32 Å². The van der Waals surface area contributed by atoms with Gasteiger partial charge in [0.05, 0.1) is 6.10 Å². The monoisotopic (exact) mass is 225 g/mol. The van der Waals surface area contributed by atoms with Crippen molar-refractivity contribution in [3.63, 3.8) is 0 Å². The van der Waals surface area contributed by atoms with Gasteiger partial charge in [-0.1, -0.05) is 0 Å². The van der Waals surface area contributed by atoms with Crippen LogP contribution in [0.1, 0.15) is 31.5 Å². The van der Waals surface area contributed by atoms with Crippen LogP contribution in [0.15, 0.2) is 0 Å². The van der Waals surface area contributed by atoms with Gasteiger partial charge in [-0.3, -0.25) is 0 Å². The predicted octanol–water partition coefficient (Wildman–Crippen LogP) is 1.83. The van der Waals surface area contributed by atoms with E-state index in [-0.39, 0.29) is 0 Å². The summed E-state index contributed by atoms with van der Waals surface area (Å²) in [6, 6.07) is 0.661. The van der Waals surface area contributed by atoms with Crippen LogP contribution in [-0.2, 0) is 11.2 Å². The third kappa shape index (κ3) is 2.46. The fourth-order valence-corrected chi connectivity index (χ4v) is 2.48. The number of nitrogens with one attached hydrogen (secondary N) is 1. The molecule has 1 aromatic heterocycles. The highest BCUT2D eigenvalue weighted by Crippen LogP contribution is 2.26. The molecule has 1 saturated heterocycles. The number of hydrogen-bond acceptors (Lipinski definition) is 5. The molecule has 5 heteroatoms. The Hall–Kier alpha value is -0.680. The Balaban J connectivity index is 1.57. The molecule has 2 fully saturated rings. The normalized spacial score (nSPS) is 25.7. The predicted molar refractivity (Wildman–Crippen MR) is 59.2 cm³/mol. The van der Waals surface area contributed by atoms with Crippen molar-refractivity contribution in [2.45, 2.75) is 44.2 Å². The first-order chi connectivity index (χ1) is 7.40. The number of aromatic nitrogens is 2. The van der Waals surface area contributed by atoms with E-state index < -0.39 is 0 Å². The van der Waals surface area contributed by atoms with E-state index in [1.54, 1.807) is 0 Å². The molecule has 2 aliphatic rings. The maximum atomic E-state index is 5.56. The van der Waals surface area contributed by atoms with Crippen molar-refractivity contribution in [3.8, 4) is 0 Å². The average Bonchev–Trinajstić information content (AvgIpc) is 2.74. The lowest BCUT2D eigenvalue weighted by molar-refractivity contribution is 0.110. The Bertz CT molecular complexity index is 331. The molecule has 4 nitrogen and oxygen atoms in total. The van der Waals surface area contributed by atoms with Gasteiger partial charge in [0.15, 0.2) is 0 Å². The molecule has 0 aromatic carbocycles. The molecular formula is C10H15N3OS. The minimum atomic E-state index is 0.355. The summed E-state index contributed by atoms with van der Waals surface area (Å²) in [5.74, 6) is 0.940. The lowest BCUT2D eigenvalue weighted by atomic mass is 10.2. The zero-order valence-corrected chi connectivity index (χ0v) is 9.42. The van der Waals surface area contributed by atoms with E-state index in [0.29, 0.717) is 12.1 Å². The summed E-state index contributed by atoms with van der Waals surface area (Å²) in [6.07, 6.45) is 6.13. The largest absolute Gasteiger partial charge is 0.378 e. The topological polar surface area (TPSA) is 47.0 Å². The summed E-state index contributed by atoms with van der Waals surface area (Å²) >= 11 is 1.47. The Morgan fingerprint density at radius 1 is 1.40 bits per heavy atom. The second-order valence-corrected chi connectivity index (χ2v) is 5.03. The Morgan fingerprint density at radius 3 is 3.07 bits per heavy atom. The maximum absolute atomic E-state index is 5.56. The summed E-state index contributed by atoms with van der Waals surface area (Å²) in [6.45, 7) is 0.905. The SMILES string of the molecule is C1COC(Cc2nsc(NC3CC3)n2)C1. The van der Waals surface area contributed by atoms with Gasteiger partial charge in [-0.2, -0.15) is 4.37 Å². The van der Waals surface area contributed by atoms with Crippen LogP contribution in [0.2, 0.25) is 0 Å². The summed E-state index contributed by atoms with van der Waals surface area (Å²) < 4.78 is 9.91. The first-order valence-electron chi connectivity index (χ1n) is 5.61. The van der Waals surface area contributed by atoms with E-state index in [1.807, 2.05) is 0 Å². The molecule has 0 spiro atoms. The molecule has 1 unspecified atom stereocenters. The van der Waals surface area contributed by atoms with Crippen molar-refractivity contribution in [3.05, 3.63) is 5.82 Å². The molecule has 2 heterocycles. The number of ether oxygens (including phenoxy) is 1. The maximum Gasteiger partial charge on any atom is 0.202 e. The molecule has 0 bridgehead atoms. The van der Waals surface area contributed by atoms with Crippen molar-refractivity contribution in [2.24, 2.45) is 0 Å². The standard InChI is InChI=1S/C10H15N3OS/c1-2-8(14-5-1)6-9-12-10(15-13-9)11-7-3-4-7/h7-8H,1-6H2,(H,11,12,13). The fourth-order valence-electron chi connectivity index (χ4n) is 1.81. The van der Waals surface area contributed by atoms with E-state index in [1.165, 1.54) is 30.8 Å². The fraction of sp³-hybridized carbons (Fsp3) is 0.800. The van der Waals surface area contributed by atoms with Crippen LogP contribution in [0, 0.1) is 0 Å². The van der Waals surface area contributed by atoms with E-state index in [0.717, 1.165) is 30.4 Å². The first-order valence-corrected chi connectivity index (χ1v) is 6.38. The average molecular weight is 225 g/mol. The van der Waals surface area contributed by atoms with E-state index >= 15 is 0 Å². The molecule has 1 aliphatic heterocycles. The van der Waals surface area contributed by atoms with Crippen LogP contribution in [0.4, 0.5) is 5.13 Å². The third-order valence-electron chi connectivity index (χ3n) is 2.81. The minimum Gasteiger partial charge on any atom is -0.378 e. The summed E-state index contributed by atoms with van der Waals surface area (Å²) in [4.78, 5) is 4.47. The van der Waals surface area contributed by atoms with Crippen molar-refractivity contribution in [1.29, 1.82) is 0 Å². The van der Waals surface area contributed by atoms with Gasteiger partial charge >= 0.3 is 0 Å². The Kier molecular flexibility index (Phi) is 2.58. The number of nitrogens with zero attached hydrogens (tertiary/aromatic N) is 2. The highest BCUT2D eigenvalue weighted by atomic mass is 32.1. The number of rotatable bonds is 4. The zero-order chi connectivity index (χ0) is 10.1. The molecule has 1 aliphatic carbocycles. The van der Waals surface area contributed by atoms with E-state index in [2.05, 4.69) is 14.7 Å². The van der Waals surface area contributed by atoms with Gasteiger partial charge in [0.25, 0.3) is 0 Å². The third-order valence-corrected chi connectivity index (χ3v) is 3.49. The quantitative estimate of drug-likeness (QED) is 0.849. The molecular weight excluding hydrogens is 210 g/mol. The number of hydrogen-bond donors (Lipinski definition) is 1. The second kappa shape index (κ2) is 4.06. The van der Waals surface area contributed by atoms with Crippen molar-refractivity contribution in [2.75, 3.05) is 11.9 Å². The summed E-state index contributed by atoms with van der Waals surface area (Å²) in [7, 11) is 0. The molecule has 1 saturated carbocycles. The van der Waals surface area contributed by atoms with Gasteiger partial charge in [-0.15, -0.1) is 0 Å². The lowest BCUT2D eigenvalue weighted by Gasteiger charge is -2.04. The van der Waals surface area contributed by atoms with Crippen LogP contribution in [0.3, 0.4) is 0 Å². The molecule has 1 aromatic rings. The Morgan fingerprint density at radius 2 is 2.33 bits per heavy atom. The summed E-state index contributed by atoms with van der Waals surface area (Å²) in [5.41, 5.74) is 0. The smallest absolute Gasteiger partial charge is 0.202 e. The zero-order valence-electron chi connectivity index (χ0n) is 8.61. The molecule has 15 heavy (non-hydrogen) atoms. The van der Waals surface area contributed by atoms with Crippen molar-refractivity contribution < 1.29 is 4.74 Å². The van der Waals surface area contributed by atoms with Crippen LogP contribution >= 0.6 is 11.5 Å². The lowest BCUT2D eigenvalue weighted by Crippen LogP contribution is -2.10. The highest BCUT2D eigenvalue weighted by Gasteiger charge is 2.23. The molecule has 1 N–H and O–H groups in total. The van der Waals surface area contributed by atoms with E-state index in [9.17, 15) is 0 Å². The molecule has 0 amide bonds. The van der Waals surface area contributed by atoms with Crippen LogP contribution in [-0.4, -0.2) is 28.1 Å². The van der Waals surface area contributed by atoms with Gasteiger partial charge in [0.1, 0.15) is 5.82 Å². The molecule has 0 radical (unpaired) electrons. The second-order valence-electron chi connectivity index (χ2n) is 4.27. The van der Waals surface area contributed by atoms with Gasteiger partial charge in [-0.05, 0) is 25.7 Å². The first kappa shape index (κ1) is 9.54. The van der Waals surface area contributed by atoms with Gasteiger partial charge < -0.3 is 10.1 Å². The van der Waals surface area contributed by atoms with Gasteiger partial charge in [0, 0.05) is 30.6 Å². The minimum absolute atomic E-state index is 0.355. The van der Waals surface area contributed by atoms with E-state index in [4.69, 9.17) is 4.74 Å².